The van der Waals surface area contributed by atoms with Gasteiger partial charge >= 0.3 is 0 Å². The molecule has 0 radical (unpaired) electrons. The highest BCUT2D eigenvalue weighted by atomic mass is 16.2. The van der Waals surface area contributed by atoms with E-state index in [2.05, 4.69) is 11.4 Å². The van der Waals surface area contributed by atoms with E-state index in [1.54, 1.807) is 24.3 Å². The molecule has 0 aromatic heterocycles. The molecule has 1 N–H and O–H groups in total. The zero-order valence-electron chi connectivity index (χ0n) is 12.4. The number of Topliss-reactive ketones (excluding diaryl/α,β-unsaturated/α-hetero) is 1. The smallest absolute Gasteiger partial charge is 0.242 e. The fraction of sp³-hybridized carbons (Fsp3) is 0.471. The van der Waals surface area contributed by atoms with Crippen LogP contribution >= 0.6 is 0 Å². The summed E-state index contributed by atoms with van der Waals surface area (Å²) in [6, 6.07) is 9.21. The second kappa shape index (κ2) is 6.18. The maximum atomic E-state index is 12.4. The minimum absolute atomic E-state index is 0.0498. The number of carbonyl (C=O) groups is 2. The first-order chi connectivity index (χ1) is 10.7. The van der Waals surface area contributed by atoms with Gasteiger partial charge in [-0.25, -0.2) is 0 Å². The zero-order valence-corrected chi connectivity index (χ0v) is 12.4. The Labute approximate surface area is 129 Å². The first kappa shape index (κ1) is 14.6. The number of amides is 1. The van der Waals surface area contributed by atoms with Crippen LogP contribution in [0.3, 0.4) is 0 Å². The fourth-order valence-electron chi connectivity index (χ4n) is 3.01. The van der Waals surface area contributed by atoms with E-state index < -0.39 is 0 Å². The molecule has 1 aliphatic carbocycles. The van der Waals surface area contributed by atoms with E-state index in [0.29, 0.717) is 30.9 Å². The molecule has 1 aromatic rings. The minimum Gasteiger partial charge on any atom is -0.376 e. The molecular formula is C17H19N3O2. The second-order valence-corrected chi connectivity index (χ2v) is 6.03. The van der Waals surface area contributed by atoms with Crippen LogP contribution in [0.25, 0.3) is 0 Å². The van der Waals surface area contributed by atoms with Crippen LogP contribution in [0.4, 0.5) is 5.69 Å². The van der Waals surface area contributed by atoms with Gasteiger partial charge in [-0.15, -0.1) is 0 Å². The van der Waals surface area contributed by atoms with Crippen LogP contribution in [0.1, 0.15) is 31.2 Å². The van der Waals surface area contributed by atoms with E-state index in [-0.39, 0.29) is 24.3 Å². The van der Waals surface area contributed by atoms with Crippen molar-refractivity contribution in [2.75, 3.05) is 18.4 Å². The van der Waals surface area contributed by atoms with Crippen LogP contribution < -0.4 is 5.32 Å². The first-order valence-electron chi connectivity index (χ1n) is 7.72. The molecular weight excluding hydrogens is 278 g/mol. The number of rotatable bonds is 4. The van der Waals surface area contributed by atoms with Gasteiger partial charge in [0.05, 0.1) is 18.2 Å². The third-order valence-corrected chi connectivity index (χ3v) is 4.41. The summed E-state index contributed by atoms with van der Waals surface area (Å²) in [4.78, 5) is 26.0. The second-order valence-electron chi connectivity index (χ2n) is 6.03. The Kier molecular flexibility index (Phi) is 4.10. The largest absolute Gasteiger partial charge is 0.376 e. The lowest BCUT2D eigenvalue weighted by atomic mass is 9.97. The Bertz CT molecular complexity index is 614. The van der Waals surface area contributed by atoms with Gasteiger partial charge in [-0.2, -0.15) is 5.26 Å². The van der Waals surface area contributed by atoms with Crippen molar-refractivity contribution in [3.63, 3.8) is 0 Å². The molecule has 1 aliphatic heterocycles. The molecule has 1 amide bonds. The number of likely N-dealkylation sites (tertiary alicyclic amines) is 1. The molecule has 1 heterocycles. The molecule has 5 heteroatoms. The maximum absolute atomic E-state index is 12.4. The fourth-order valence-corrected chi connectivity index (χ4v) is 3.01. The summed E-state index contributed by atoms with van der Waals surface area (Å²) in [6.45, 7) is 0.775. The SMILES string of the molecule is N#Cc1ccc(NCC(=O)N2CCC(=O)C[C@@H]2C2CC2)cc1. The Morgan fingerprint density at radius 3 is 2.68 bits per heavy atom. The number of ketones is 1. The highest BCUT2D eigenvalue weighted by Gasteiger charge is 2.40. The van der Waals surface area contributed by atoms with Gasteiger partial charge in [-0.1, -0.05) is 0 Å². The Morgan fingerprint density at radius 1 is 1.32 bits per heavy atom. The van der Waals surface area contributed by atoms with Gasteiger partial charge in [0, 0.05) is 31.1 Å². The van der Waals surface area contributed by atoms with E-state index in [1.165, 1.54) is 0 Å². The average molecular weight is 297 g/mol. The number of nitrogens with zero attached hydrogens (tertiary/aromatic N) is 2. The molecule has 1 atom stereocenters. The third-order valence-electron chi connectivity index (χ3n) is 4.41. The summed E-state index contributed by atoms with van der Waals surface area (Å²) in [7, 11) is 0. The number of anilines is 1. The van der Waals surface area contributed by atoms with Crippen molar-refractivity contribution in [1.29, 1.82) is 5.26 Å². The van der Waals surface area contributed by atoms with E-state index in [0.717, 1.165) is 18.5 Å². The molecule has 0 bridgehead atoms. The van der Waals surface area contributed by atoms with Gasteiger partial charge in [0.1, 0.15) is 5.78 Å². The number of hydrogen-bond donors (Lipinski definition) is 1. The Balaban J connectivity index is 1.58. The van der Waals surface area contributed by atoms with Gasteiger partial charge in [0.25, 0.3) is 0 Å². The lowest BCUT2D eigenvalue weighted by Gasteiger charge is -2.35. The standard InChI is InChI=1S/C17H19N3O2/c18-10-12-1-5-14(6-2-12)19-11-17(22)20-8-7-15(21)9-16(20)13-3-4-13/h1-2,5-6,13,16,19H,3-4,7-9,11H2/t16-/m1/s1. The predicted molar refractivity (Wildman–Crippen MR) is 82.1 cm³/mol. The quantitative estimate of drug-likeness (QED) is 0.921. The normalized spacial score (nSPS) is 21.3. The van der Waals surface area contributed by atoms with E-state index in [4.69, 9.17) is 5.26 Å². The van der Waals surface area contributed by atoms with Crippen LogP contribution in [-0.4, -0.2) is 35.7 Å². The van der Waals surface area contributed by atoms with Crippen molar-refractivity contribution in [3.05, 3.63) is 29.8 Å². The highest BCUT2D eigenvalue weighted by Crippen LogP contribution is 2.38. The lowest BCUT2D eigenvalue weighted by Crippen LogP contribution is -2.49. The van der Waals surface area contributed by atoms with Crippen LogP contribution in [0.2, 0.25) is 0 Å². The van der Waals surface area contributed by atoms with Crippen molar-refractivity contribution < 1.29 is 9.59 Å². The topological polar surface area (TPSA) is 73.2 Å². The highest BCUT2D eigenvalue weighted by molar-refractivity contribution is 5.86. The molecule has 22 heavy (non-hydrogen) atoms. The predicted octanol–water partition coefficient (Wildman–Crippen LogP) is 1.94. The molecule has 2 fully saturated rings. The van der Waals surface area contributed by atoms with E-state index in [1.807, 2.05) is 4.90 Å². The summed E-state index contributed by atoms with van der Waals surface area (Å²) in [6.07, 6.45) is 3.26. The van der Waals surface area contributed by atoms with Crippen molar-refractivity contribution >= 4 is 17.4 Å². The average Bonchev–Trinajstić information content (AvgIpc) is 3.38. The molecule has 1 aromatic carbocycles. The maximum Gasteiger partial charge on any atom is 0.242 e. The lowest BCUT2D eigenvalue weighted by molar-refractivity contribution is -0.137. The molecule has 1 saturated carbocycles. The number of piperidine rings is 1. The van der Waals surface area contributed by atoms with Crippen LogP contribution in [-0.2, 0) is 9.59 Å². The number of carbonyl (C=O) groups excluding carboxylic acids is 2. The van der Waals surface area contributed by atoms with Crippen molar-refractivity contribution in [2.45, 2.75) is 31.7 Å². The molecule has 0 spiro atoms. The van der Waals surface area contributed by atoms with E-state index >= 15 is 0 Å². The molecule has 0 unspecified atom stereocenters. The van der Waals surface area contributed by atoms with Crippen molar-refractivity contribution in [2.24, 2.45) is 5.92 Å². The number of benzene rings is 1. The summed E-state index contributed by atoms with van der Waals surface area (Å²) < 4.78 is 0. The molecule has 5 nitrogen and oxygen atoms in total. The van der Waals surface area contributed by atoms with Crippen LogP contribution in [0.15, 0.2) is 24.3 Å². The Hall–Kier alpha value is -2.35. The minimum atomic E-state index is 0.0498. The number of hydrogen-bond acceptors (Lipinski definition) is 4. The number of nitrogens with one attached hydrogen (secondary N) is 1. The summed E-state index contributed by atoms with van der Waals surface area (Å²) in [5, 5.41) is 11.9. The van der Waals surface area contributed by atoms with Gasteiger partial charge in [-0.3, -0.25) is 9.59 Å². The Morgan fingerprint density at radius 2 is 2.05 bits per heavy atom. The van der Waals surface area contributed by atoms with Crippen molar-refractivity contribution in [3.8, 4) is 6.07 Å². The third kappa shape index (κ3) is 3.28. The van der Waals surface area contributed by atoms with Crippen molar-refractivity contribution in [1.82, 2.24) is 4.90 Å². The number of nitriles is 1. The molecule has 2 aliphatic rings. The molecule has 3 rings (SSSR count). The zero-order chi connectivity index (χ0) is 15.5. The van der Waals surface area contributed by atoms with Crippen LogP contribution in [0, 0.1) is 17.2 Å². The monoisotopic (exact) mass is 297 g/mol. The van der Waals surface area contributed by atoms with Gasteiger partial charge in [0.2, 0.25) is 5.91 Å². The first-order valence-corrected chi connectivity index (χ1v) is 7.72. The van der Waals surface area contributed by atoms with Crippen LogP contribution in [0.5, 0.6) is 0 Å². The summed E-state index contributed by atoms with van der Waals surface area (Å²) in [5.74, 6) is 0.845. The summed E-state index contributed by atoms with van der Waals surface area (Å²) >= 11 is 0. The van der Waals surface area contributed by atoms with E-state index in [9.17, 15) is 9.59 Å². The van der Waals surface area contributed by atoms with Gasteiger partial charge in [0.15, 0.2) is 0 Å². The molecule has 1 saturated heterocycles. The molecule has 114 valence electrons. The van der Waals surface area contributed by atoms with Gasteiger partial charge in [-0.05, 0) is 43.0 Å². The van der Waals surface area contributed by atoms with Gasteiger partial charge < -0.3 is 10.2 Å². The summed E-state index contributed by atoms with van der Waals surface area (Å²) in [5.41, 5.74) is 1.42.